The lowest BCUT2D eigenvalue weighted by molar-refractivity contribution is -0.197. The van der Waals surface area contributed by atoms with Gasteiger partial charge in [0.1, 0.15) is 10.8 Å². The van der Waals surface area contributed by atoms with Gasteiger partial charge in [-0.2, -0.15) is 12.6 Å². The SMILES string of the molecule is CC(=O)CCCSSc1ccccn1.COCC(CCC(=O)N(C)[C@@H](C)C(C)=O)(COC)SSCCCC(=O)ON1C(=O)CCC1=O.COCC(S)(CCC(=O)N(C)[C@@H](C)C(C)=O)COC. The molecule has 0 N–H and O–H groups in total. The fourth-order valence-electron chi connectivity index (χ4n) is 5.66. The summed E-state index contributed by atoms with van der Waals surface area (Å²) >= 11 is 4.53. The monoisotopic (exact) mass is 1020 g/mol. The Labute approximate surface area is 412 Å². The first kappa shape index (κ1) is 63.3. The molecule has 0 radical (unpaired) electrons. The summed E-state index contributed by atoms with van der Waals surface area (Å²) in [5.74, 6) is -0.0602. The van der Waals surface area contributed by atoms with Gasteiger partial charge in [0.05, 0.1) is 48.0 Å². The Morgan fingerprint density at radius 1 is 0.727 bits per heavy atom. The Morgan fingerprint density at radius 2 is 1.21 bits per heavy atom. The zero-order valence-corrected chi connectivity index (χ0v) is 44.6. The van der Waals surface area contributed by atoms with Crippen LogP contribution in [0.25, 0.3) is 0 Å². The number of aromatic nitrogens is 1. The second-order valence-corrected chi connectivity index (χ2v) is 21.9. The van der Waals surface area contributed by atoms with Gasteiger partial charge >= 0.3 is 5.97 Å². The number of pyridine rings is 1. The van der Waals surface area contributed by atoms with E-state index in [9.17, 15) is 38.4 Å². The van der Waals surface area contributed by atoms with Crippen LogP contribution in [-0.2, 0) is 62.1 Å². The summed E-state index contributed by atoms with van der Waals surface area (Å²) in [7, 11) is 16.1. The molecule has 2 rings (SSSR count). The molecule has 66 heavy (non-hydrogen) atoms. The van der Waals surface area contributed by atoms with Gasteiger partial charge in [0.25, 0.3) is 11.8 Å². The van der Waals surface area contributed by atoms with Crippen molar-refractivity contribution in [2.45, 2.75) is 125 Å². The van der Waals surface area contributed by atoms with Gasteiger partial charge in [0, 0.05) is 98.8 Å². The molecule has 1 aliphatic heterocycles. The van der Waals surface area contributed by atoms with Gasteiger partial charge in [-0.15, -0.1) is 5.06 Å². The fourth-order valence-corrected chi connectivity index (χ4v) is 11.0. The van der Waals surface area contributed by atoms with Gasteiger partial charge < -0.3 is 38.4 Å². The summed E-state index contributed by atoms with van der Waals surface area (Å²) in [6.07, 6.45) is 5.68. The van der Waals surface area contributed by atoms with E-state index in [-0.39, 0.29) is 54.8 Å². The molecule has 4 amide bonds. The van der Waals surface area contributed by atoms with Crippen molar-refractivity contribution >= 4 is 103 Å². The molecule has 2 heterocycles. The highest BCUT2D eigenvalue weighted by Crippen LogP contribution is 2.41. The van der Waals surface area contributed by atoms with Gasteiger partial charge in [-0.1, -0.05) is 38.4 Å². The molecule has 22 heteroatoms. The highest BCUT2D eigenvalue weighted by atomic mass is 33.1. The highest BCUT2D eigenvalue weighted by Gasteiger charge is 2.35. The van der Waals surface area contributed by atoms with Gasteiger partial charge in [0.15, 0.2) is 11.6 Å². The molecule has 1 aliphatic rings. The highest BCUT2D eigenvalue weighted by molar-refractivity contribution is 8.77. The zero-order chi connectivity index (χ0) is 50.3. The van der Waals surface area contributed by atoms with Crippen LogP contribution in [0.3, 0.4) is 0 Å². The second-order valence-electron chi connectivity index (χ2n) is 15.7. The number of thiol groups is 1. The number of methoxy groups -OCH3 is 4. The number of ether oxygens (including phenoxy) is 4. The van der Waals surface area contributed by atoms with Gasteiger partial charge in [0.2, 0.25) is 11.8 Å². The average molecular weight is 1030 g/mol. The van der Waals surface area contributed by atoms with E-state index in [1.54, 1.807) is 91.1 Å². The number of imide groups is 1. The molecule has 0 saturated carbocycles. The van der Waals surface area contributed by atoms with Crippen molar-refractivity contribution in [1.82, 2.24) is 19.8 Å². The number of carbonyl (C=O) groups is 8. The standard InChI is InChI=1S/C21H34N2O8S2.C13H25NO4S.C10H13NOS2/c1-15(16(2)24)22(3)17(25)10-11-21(13-29-4,14-30-5)33-32-12-6-7-20(28)31-23-18(26)8-9-19(23)27;1-10(11(2)15)14(3)12(16)6-7-13(19,8-17-4)9-18-5;1-9(12)5-4-8-13-14-10-6-2-3-7-11-10/h15H,6-14H2,1-5H3;10,19H,6-9H2,1-5H3;2-3,6-7H,4-5,8H2,1H3/t15-;10-;/m00./s1. The number of rotatable bonds is 31. The Balaban J connectivity index is 0.00000107. The molecule has 17 nitrogen and oxygen atoms in total. The summed E-state index contributed by atoms with van der Waals surface area (Å²) in [5, 5.41) is 1.58. The third-order valence-corrected chi connectivity index (χ3v) is 16.1. The van der Waals surface area contributed by atoms with Crippen LogP contribution in [0, 0.1) is 0 Å². The van der Waals surface area contributed by atoms with Crippen molar-refractivity contribution < 1.29 is 62.1 Å². The molecule has 0 spiro atoms. The van der Waals surface area contributed by atoms with E-state index < -0.39 is 39.4 Å². The maximum absolute atomic E-state index is 12.6. The molecular weight excluding hydrogens is 953 g/mol. The Hall–Kier alpha value is -2.70. The normalized spacial score (nSPS) is 13.4. The van der Waals surface area contributed by atoms with Crippen molar-refractivity contribution in [3.63, 3.8) is 0 Å². The fraction of sp³-hybridized carbons (Fsp3) is 0.705. The van der Waals surface area contributed by atoms with Crippen LogP contribution in [0.15, 0.2) is 29.4 Å². The minimum absolute atomic E-state index is 0.0261. The van der Waals surface area contributed by atoms with E-state index >= 15 is 0 Å². The third kappa shape index (κ3) is 26.7. The minimum Gasteiger partial charge on any atom is -0.383 e. The number of nitrogens with zero attached hydrogens (tertiary/aromatic N) is 4. The average Bonchev–Trinajstić information content (AvgIpc) is 3.59. The Morgan fingerprint density at radius 3 is 1.67 bits per heavy atom. The van der Waals surface area contributed by atoms with Crippen molar-refractivity contribution in [3.05, 3.63) is 24.4 Å². The Kier molecular flexibility index (Phi) is 34.0. The smallest absolute Gasteiger partial charge is 0.333 e. The van der Waals surface area contributed by atoms with Crippen LogP contribution >= 0.6 is 55.8 Å². The quantitative estimate of drug-likeness (QED) is 0.0372. The number of carbonyl (C=O) groups excluding carboxylic acids is 8. The van der Waals surface area contributed by atoms with Crippen molar-refractivity contribution in [1.29, 1.82) is 0 Å². The molecule has 1 fully saturated rings. The third-order valence-electron chi connectivity index (χ3n) is 9.95. The summed E-state index contributed by atoms with van der Waals surface area (Å²) in [5.41, 5.74) is 0. The van der Waals surface area contributed by atoms with E-state index in [0.717, 1.165) is 17.2 Å². The van der Waals surface area contributed by atoms with Crippen LogP contribution in [0.1, 0.15) is 98.8 Å². The summed E-state index contributed by atoms with van der Waals surface area (Å²) in [6, 6.07) is 5.00. The maximum atomic E-state index is 12.6. The number of amides is 4. The Bertz CT molecular complexity index is 1640. The number of hydrogen-bond donors (Lipinski definition) is 1. The van der Waals surface area contributed by atoms with Crippen LogP contribution in [-0.4, -0.2) is 169 Å². The number of hydroxylamine groups is 2. The molecular formula is C44H72N4O13S5. The number of ketones is 3. The zero-order valence-electron chi connectivity index (χ0n) is 40.5. The minimum atomic E-state index is -0.627. The molecule has 1 aromatic heterocycles. The number of Topliss-reactive ketones (excluding diaryl/α,β-unsaturated/α-hetero) is 3. The summed E-state index contributed by atoms with van der Waals surface area (Å²) < 4.78 is 20.0. The van der Waals surface area contributed by atoms with E-state index in [1.165, 1.54) is 45.2 Å². The lowest BCUT2D eigenvalue weighted by Gasteiger charge is -2.32. The van der Waals surface area contributed by atoms with Crippen LogP contribution in [0.5, 0.6) is 0 Å². The summed E-state index contributed by atoms with van der Waals surface area (Å²) in [6.45, 7) is 9.52. The van der Waals surface area contributed by atoms with Crippen LogP contribution < -0.4 is 0 Å². The van der Waals surface area contributed by atoms with Crippen molar-refractivity contribution in [3.8, 4) is 0 Å². The van der Waals surface area contributed by atoms with Gasteiger partial charge in [-0.3, -0.25) is 28.8 Å². The first-order valence-corrected chi connectivity index (χ1v) is 26.5. The molecule has 2 atom stereocenters. The van der Waals surface area contributed by atoms with Crippen molar-refractivity contribution in [2.75, 3.05) is 80.5 Å². The predicted molar refractivity (Wildman–Crippen MR) is 265 cm³/mol. The molecule has 0 aromatic carbocycles. The lowest BCUT2D eigenvalue weighted by Crippen LogP contribution is -2.41. The first-order chi connectivity index (χ1) is 31.1. The predicted octanol–water partition coefficient (Wildman–Crippen LogP) is 6.36. The molecule has 0 bridgehead atoms. The molecule has 0 aliphatic carbocycles. The second kappa shape index (κ2) is 35.4. The number of likely N-dealkylation sites (N-methyl/N-ethyl adjacent to an activating group) is 2. The molecule has 1 aromatic rings. The van der Waals surface area contributed by atoms with Crippen LogP contribution in [0.2, 0.25) is 0 Å². The molecule has 1 saturated heterocycles. The first-order valence-electron chi connectivity index (χ1n) is 21.4. The van der Waals surface area contributed by atoms with E-state index in [0.29, 0.717) is 69.3 Å². The van der Waals surface area contributed by atoms with E-state index in [4.69, 9.17) is 23.8 Å². The van der Waals surface area contributed by atoms with Crippen molar-refractivity contribution in [2.24, 2.45) is 0 Å². The largest absolute Gasteiger partial charge is 0.383 e. The van der Waals surface area contributed by atoms with Gasteiger partial charge in [-0.05, 0) is 83.2 Å². The van der Waals surface area contributed by atoms with Crippen LogP contribution in [0.4, 0.5) is 0 Å². The molecule has 0 unspecified atom stereocenters. The molecule has 376 valence electrons. The lowest BCUT2D eigenvalue weighted by atomic mass is 10.0. The van der Waals surface area contributed by atoms with E-state index in [2.05, 4.69) is 17.6 Å². The maximum Gasteiger partial charge on any atom is 0.333 e. The van der Waals surface area contributed by atoms with Gasteiger partial charge in [-0.25, -0.2) is 9.78 Å². The number of hydrogen-bond acceptors (Lipinski definition) is 19. The topological polar surface area (TPSA) is 205 Å². The van der Waals surface area contributed by atoms with E-state index in [1.807, 2.05) is 18.2 Å². The summed E-state index contributed by atoms with van der Waals surface area (Å²) in [4.78, 5) is 105.